The van der Waals surface area contributed by atoms with Crippen LogP contribution in [-0.2, 0) is 19.0 Å². The lowest BCUT2D eigenvalue weighted by Crippen LogP contribution is -2.12. The van der Waals surface area contributed by atoms with Crippen molar-refractivity contribution in [3.63, 3.8) is 0 Å². The third kappa shape index (κ3) is 7.50. The molecule has 4 aromatic rings. The van der Waals surface area contributed by atoms with Crippen LogP contribution in [0, 0.1) is 6.92 Å². The third-order valence-electron chi connectivity index (χ3n) is 7.14. The number of halogens is 3. The SMILES string of the molecule is CCCCCc1ccc(N(c2ccc(CCCCC)cc2)c2cnc(-c3ccc(C)cc3C(F)(F)F)nc2)cc1. The van der Waals surface area contributed by atoms with Gasteiger partial charge in [-0.3, -0.25) is 0 Å². The Hall–Kier alpha value is -3.67. The second kappa shape index (κ2) is 13.6. The van der Waals surface area contributed by atoms with Gasteiger partial charge in [-0.05, 0) is 74.1 Å². The Morgan fingerprint density at radius 1 is 0.650 bits per heavy atom. The van der Waals surface area contributed by atoms with Gasteiger partial charge in [0.05, 0.1) is 23.6 Å². The van der Waals surface area contributed by atoms with Gasteiger partial charge in [0.1, 0.15) is 0 Å². The number of unbranched alkanes of at least 4 members (excludes halogenated alkanes) is 4. The van der Waals surface area contributed by atoms with Crippen LogP contribution in [-0.4, -0.2) is 9.97 Å². The highest BCUT2D eigenvalue weighted by molar-refractivity contribution is 5.76. The van der Waals surface area contributed by atoms with Crippen LogP contribution < -0.4 is 4.90 Å². The first-order valence-electron chi connectivity index (χ1n) is 14.3. The Kier molecular flexibility index (Phi) is 9.97. The van der Waals surface area contributed by atoms with E-state index in [9.17, 15) is 13.2 Å². The first kappa shape index (κ1) is 29.3. The van der Waals surface area contributed by atoms with Gasteiger partial charge in [-0.1, -0.05) is 81.5 Å². The summed E-state index contributed by atoms with van der Waals surface area (Å²) in [5.41, 5.74) is 4.93. The molecule has 210 valence electrons. The molecule has 1 aromatic heterocycles. The average molecular weight is 546 g/mol. The number of nitrogens with zero attached hydrogens (tertiary/aromatic N) is 3. The van der Waals surface area contributed by atoms with Gasteiger partial charge < -0.3 is 4.90 Å². The minimum absolute atomic E-state index is 0.0240. The molecule has 0 aliphatic carbocycles. The topological polar surface area (TPSA) is 29.0 Å². The molecule has 0 spiro atoms. The Bertz CT molecular complexity index is 1290. The summed E-state index contributed by atoms with van der Waals surface area (Å²) >= 11 is 0. The predicted molar refractivity (Wildman–Crippen MR) is 158 cm³/mol. The van der Waals surface area contributed by atoms with Gasteiger partial charge in [0.15, 0.2) is 5.82 Å². The number of rotatable bonds is 12. The van der Waals surface area contributed by atoms with Crippen molar-refractivity contribution in [3.05, 3.63) is 101 Å². The number of hydrogen-bond donors (Lipinski definition) is 0. The molecule has 0 bridgehead atoms. The van der Waals surface area contributed by atoms with Crippen molar-refractivity contribution in [1.82, 2.24) is 9.97 Å². The number of hydrogen-bond acceptors (Lipinski definition) is 3. The quantitative estimate of drug-likeness (QED) is 0.166. The maximum atomic E-state index is 13.8. The molecule has 0 aliphatic rings. The molecule has 3 nitrogen and oxygen atoms in total. The molecule has 1 heterocycles. The molecule has 3 aromatic carbocycles. The largest absolute Gasteiger partial charge is 0.417 e. The molecule has 0 amide bonds. The second-order valence-electron chi connectivity index (χ2n) is 10.4. The molecule has 0 saturated carbocycles. The molecule has 0 fully saturated rings. The van der Waals surface area contributed by atoms with Crippen molar-refractivity contribution in [2.24, 2.45) is 0 Å². The Balaban J connectivity index is 1.68. The molecule has 0 aliphatic heterocycles. The fourth-order valence-electron chi connectivity index (χ4n) is 4.89. The molecule has 0 radical (unpaired) electrons. The maximum Gasteiger partial charge on any atom is 0.417 e. The van der Waals surface area contributed by atoms with Gasteiger partial charge in [-0.2, -0.15) is 13.2 Å². The Labute approximate surface area is 236 Å². The molecule has 0 unspecified atom stereocenters. The lowest BCUT2D eigenvalue weighted by Gasteiger charge is -2.25. The summed E-state index contributed by atoms with van der Waals surface area (Å²) in [6.45, 7) is 6.04. The molecule has 0 atom stereocenters. The van der Waals surface area contributed by atoms with Crippen LogP contribution in [0.1, 0.15) is 74.6 Å². The fourth-order valence-corrected chi connectivity index (χ4v) is 4.89. The molecular formula is C34H38F3N3. The lowest BCUT2D eigenvalue weighted by molar-refractivity contribution is -0.137. The molecular weight excluding hydrogens is 507 g/mol. The molecule has 4 rings (SSSR count). The van der Waals surface area contributed by atoms with Crippen molar-refractivity contribution < 1.29 is 13.2 Å². The van der Waals surface area contributed by atoms with E-state index in [-0.39, 0.29) is 11.4 Å². The summed E-state index contributed by atoms with van der Waals surface area (Å²) in [4.78, 5) is 10.9. The lowest BCUT2D eigenvalue weighted by atomic mass is 10.0. The van der Waals surface area contributed by atoms with E-state index in [1.807, 2.05) is 0 Å². The maximum absolute atomic E-state index is 13.8. The minimum atomic E-state index is -4.49. The van der Waals surface area contributed by atoms with Crippen molar-refractivity contribution in [3.8, 4) is 11.4 Å². The van der Waals surface area contributed by atoms with E-state index in [0.29, 0.717) is 11.3 Å². The van der Waals surface area contributed by atoms with Crippen LogP contribution in [0.5, 0.6) is 0 Å². The smallest absolute Gasteiger partial charge is 0.308 e. The molecule has 0 N–H and O–H groups in total. The Morgan fingerprint density at radius 2 is 1.15 bits per heavy atom. The summed E-state index contributed by atoms with van der Waals surface area (Å²) in [7, 11) is 0. The predicted octanol–water partition coefficient (Wildman–Crippen LogP) is 10.4. The van der Waals surface area contributed by atoms with Gasteiger partial charge in [-0.15, -0.1) is 0 Å². The first-order chi connectivity index (χ1) is 19.3. The van der Waals surface area contributed by atoms with Crippen LogP contribution in [0.3, 0.4) is 0 Å². The van der Waals surface area contributed by atoms with E-state index in [1.165, 1.54) is 42.9 Å². The van der Waals surface area contributed by atoms with Gasteiger partial charge in [0.2, 0.25) is 0 Å². The van der Waals surface area contributed by atoms with E-state index in [1.54, 1.807) is 25.4 Å². The monoisotopic (exact) mass is 545 g/mol. The highest BCUT2D eigenvalue weighted by Crippen LogP contribution is 2.38. The van der Waals surface area contributed by atoms with Crippen molar-refractivity contribution in [2.45, 2.75) is 78.3 Å². The van der Waals surface area contributed by atoms with Crippen molar-refractivity contribution in [2.75, 3.05) is 4.90 Å². The van der Waals surface area contributed by atoms with Crippen LogP contribution in [0.2, 0.25) is 0 Å². The minimum Gasteiger partial charge on any atom is -0.308 e. The normalized spacial score (nSPS) is 11.6. The van der Waals surface area contributed by atoms with E-state index in [2.05, 4.69) is 77.2 Å². The summed E-state index contributed by atoms with van der Waals surface area (Å²) in [5.74, 6) is 0.0496. The molecule has 6 heteroatoms. The zero-order valence-corrected chi connectivity index (χ0v) is 23.6. The van der Waals surface area contributed by atoms with Crippen molar-refractivity contribution in [1.29, 1.82) is 0 Å². The molecule has 40 heavy (non-hydrogen) atoms. The van der Waals surface area contributed by atoms with Crippen LogP contribution in [0.15, 0.2) is 79.1 Å². The number of aromatic nitrogens is 2. The van der Waals surface area contributed by atoms with Gasteiger partial charge >= 0.3 is 6.18 Å². The highest BCUT2D eigenvalue weighted by Gasteiger charge is 2.34. The molecule has 0 saturated heterocycles. The number of aryl methyl sites for hydroxylation is 3. The van der Waals surface area contributed by atoms with Gasteiger partial charge in [0, 0.05) is 16.9 Å². The zero-order valence-electron chi connectivity index (χ0n) is 23.6. The third-order valence-corrected chi connectivity index (χ3v) is 7.14. The number of alkyl halides is 3. The van der Waals surface area contributed by atoms with E-state index in [4.69, 9.17) is 0 Å². The number of anilines is 3. The van der Waals surface area contributed by atoms with Gasteiger partial charge in [0.25, 0.3) is 0 Å². The standard InChI is InChI=1S/C34H38F3N3/c1-4-6-8-10-26-13-17-28(18-14-26)40(29-19-15-27(16-20-29)11-9-7-5-2)30-23-38-33(39-24-30)31-21-12-25(3)22-32(31)34(35,36)37/h12-24H,4-11H2,1-3H3. The summed E-state index contributed by atoms with van der Waals surface area (Å²) in [6, 6.07) is 21.2. The fraction of sp³-hybridized carbons (Fsp3) is 0.353. The van der Waals surface area contributed by atoms with Gasteiger partial charge in [-0.25, -0.2) is 9.97 Å². The van der Waals surface area contributed by atoms with E-state index in [0.717, 1.165) is 43.1 Å². The highest BCUT2D eigenvalue weighted by atomic mass is 19.4. The van der Waals surface area contributed by atoms with Crippen LogP contribution in [0.4, 0.5) is 30.2 Å². The summed E-state index contributed by atoms with van der Waals surface area (Å²) in [5, 5.41) is 0. The number of benzene rings is 3. The second-order valence-corrected chi connectivity index (χ2v) is 10.4. The van der Waals surface area contributed by atoms with Crippen molar-refractivity contribution >= 4 is 17.1 Å². The average Bonchev–Trinajstić information content (AvgIpc) is 2.95. The summed E-state index contributed by atoms with van der Waals surface area (Å²) < 4.78 is 41.3. The van der Waals surface area contributed by atoms with E-state index >= 15 is 0 Å². The van der Waals surface area contributed by atoms with Crippen LogP contribution >= 0.6 is 0 Å². The zero-order chi connectivity index (χ0) is 28.5. The first-order valence-corrected chi connectivity index (χ1v) is 14.3. The van der Waals surface area contributed by atoms with E-state index < -0.39 is 11.7 Å². The Morgan fingerprint density at radius 3 is 1.60 bits per heavy atom. The van der Waals surface area contributed by atoms with Crippen LogP contribution in [0.25, 0.3) is 11.4 Å². The summed E-state index contributed by atoms with van der Waals surface area (Å²) in [6.07, 6.45) is 7.89.